The highest BCUT2D eigenvalue weighted by Gasteiger charge is 2.47. The van der Waals surface area contributed by atoms with E-state index in [1.165, 1.54) is 4.90 Å². The molecule has 0 aliphatic carbocycles. The minimum atomic E-state index is -0.904. The Balaban J connectivity index is 1.70. The zero-order valence-electron chi connectivity index (χ0n) is 22.6. The topological polar surface area (TPSA) is 106 Å². The van der Waals surface area contributed by atoms with Gasteiger partial charge in [0.2, 0.25) is 0 Å². The van der Waals surface area contributed by atoms with Crippen LogP contribution in [0.15, 0.2) is 79.3 Å². The molecule has 0 spiro atoms. The van der Waals surface area contributed by atoms with Crippen molar-refractivity contribution in [3.63, 3.8) is 0 Å². The average molecular weight is 539 g/mol. The van der Waals surface area contributed by atoms with E-state index in [0.29, 0.717) is 35.0 Å². The first-order valence-electron chi connectivity index (χ1n) is 13.0. The fourth-order valence-corrected chi connectivity index (χ4v) is 4.98. The number of likely N-dealkylation sites (tertiary alicyclic amines) is 1. The third-order valence-electron chi connectivity index (χ3n) is 6.86. The summed E-state index contributed by atoms with van der Waals surface area (Å²) in [5.74, 6) is -0.889. The van der Waals surface area contributed by atoms with Crippen molar-refractivity contribution in [2.75, 3.05) is 13.2 Å². The van der Waals surface area contributed by atoms with Crippen LogP contribution >= 0.6 is 0 Å². The van der Waals surface area contributed by atoms with Crippen LogP contribution in [0.5, 0.6) is 11.5 Å². The monoisotopic (exact) mass is 538 g/mol. The number of amides is 1. The lowest BCUT2D eigenvalue weighted by atomic mass is 9.95. The van der Waals surface area contributed by atoms with Crippen molar-refractivity contribution < 1.29 is 24.2 Å². The molecule has 4 heterocycles. The maximum atomic E-state index is 13.6. The van der Waals surface area contributed by atoms with Crippen molar-refractivity contribution in [1.29, 1.82) is 0 Å². The van der Waals surface area contributed by atoms with Crippen LogP contribution in [0.1, 0.15) is 41.0 Å². The molecular weight excluding hydrogens is 508 g/mol. The Morgan fingerprint density at radius 3 is 2.65 bits per heavy atom. The molecule has 1 N–H and O–H groups in total. The summed E-state index contributed by atoms with van der Waals surface area (Å²) in [5, 5.41) is 11.7. The lowest BCUT2D eigenvalue weighted by molar-refractivity contribution is -0.140. The molecule has 1 saturated heterocycles. The number of carbonyl (C=O) groups excluding carboxylic acids is 2. The van der Waals surface area contributed by atoms with Crippen molar-refractivity contribution in [2.24, 2.45) is 0 Å². The lowest BCUT2D eigenvalue weighted by Crippen LogP contribution is -2.29. The number of rotatable bonds is 9. The predicted molar refractivity (Wildman–Crippen MR) is 150 cm³/mol. The number of aliphatic hydroxyl groups excluding tert-OH is 1. The quantitative estimate of drug-likeness (QED) is 0.139. The smallest absolute Gasteiger partial charge is 0.295 e. The van der Waals surface area contributed by atoms with E-state index in [-0.39, 0.29) is 30.2 Å². The Labute approximate surface area is 232 Å². The summed E-state index contributed by atoms with van der Waals surface area (Å²) in [6, 6.07) is 11.7. The van der Waals surface area contributed by atoms with Gasteiger partial charge in [0.25, 0.3) is 11.7 Å². The summed E-state index contributed by atoms with van der Waals surface area (Å²) in [6.45, 7) is 10.1. The van der Waals surface area contributed by atoms with Gasteiger partial charge in [0.1, 0.15) is 17.9 Å². The van der Waals surface area contributed by atoms with Crippen molar-refractivity contribution in [3.8, 4) is 11.5 Å². The largest absolute Gasteiger partial charge is 0.505 e. The number of aliphatic hydroxyl groups is 1. The lowest BCUT2D eigenvalue weighted by Gasteiger charge is -2.26. The van der Waals surface area contributed by atoms with Gasteiger partial charge in [0, 0.05) is 25.1 Å². The van der Waals surface area contributed by atoms with E-state index in [4.69, 9.17) is 9.47 Å². The van der Waals surface area contributed by atoms with Crippen molar-refractivity contribution in [2.45, 2.75) is 33.4 Å². The molecule has 4 aromatic rings. The number of benzene rings is 1. The SMILES string of the molecule is C=CCOc1ccc(C2/C(=C(\O)c3nc4c(C)cccn4c3C)C(=O)C(=O)N2Cc2cccnc2)cc1OCC. The number of imidazole rings is 1. The van der Waals surface area contributed by atoms with E-state index in [2.05, 4.69) is 16.5 Å². The minimum Gasteiger partial charge on any atom is -0.505 e. The molecule has 1 fully saturated rings. The Morgan fingerprint density at radius 2 is 1.95 bits per heavy atom. The molecule has 0 saturated carbocycles. The second-order valence-corrected chi connectivity index (χ2v) is 9.46. The van der Waals surface area contributed by atoms with Gasteiger partial charge < -0.3 is 23.9 Å². The van der Waals surface area contributed by atoms with Crippen LogP contribution in [0.2, 0.25) is 0 Å². The second-order valence-electron chi connectivity index (χ2n) is 9.46. The van der Waals surface area contributed by atoms with Gasteiger partial charge in [-0.05, 0) is 61.7 Å². The van der Waals surface area contributed by atoms with Gasteiger partial charge in [-0.1, -0.05) is 30.9 Å². The molecule has 1 amide bonds. The zero-order valence-corrected chi connectivity index (χ0v) is 22.6. The van der Waals surface area contributed by atoms with Crippen molar-refractivity contribution in [1.82, 2.24) is 19.3 Å². The minimum absolute atomic E-state index is 0.0414. The molecule has 1 atom stereocenters. The molecular formula is C31H30N4O5. The highest BCUT2D eigenvalue weighted by atomic mass is 16.5. The Hall–Kier alpha value is -4.92. The zero-order chi connectivity index (χ0) is 28.4. The summed E-state index contributed by atoms with van der Waals surface area (Å²) in [7, 11) is 0. The predicted octanol–water partition coefficient (Wildman–Crippen LogP) is 4.93. The van der Waals surface area contributed by atoms with E-state index in [1.54, 1.807) is 42.7 Å². The first kappa shape index (κ1) is 26.7. The first-order chi connectivity index (χ1) is 19.3. The number of hydrogen-bond acceptors (Lipinski definition) is 7. The van der Waals surface area contributed by atoms with Crippen LogP contribution in [0.25, 0.3) is 11.4 Å². The third-order valence-corrected chi connectivity index (χ3v) is 6.86. The van der Waals surface area contributed by atoms with E-state index in [0.717, 1.165) is 11.1 Å². The average Bonchev–Trinajstić information content (AvgIpc) is 3.43. The Bertz CT molecular complexity index is 1640. The van der Waals surface area contributed by atoms with E-state index in [9.17, 15) is 14.7 Å². The molecule has 0 bridgehead atoms. The van der Waals surface area contributed by atoms with E-state index < -0.39 is 17.7 Å². The summed E-state index contributed by atoms with van der Waals surface area (Å²) < 4.78 is 13.4. The van der Waals surface area contributed by atoms with Gasteiger partial charge in [0.05, 0.1) is 23.9 Å². The third kappa shape index (κ3) is 4.70. The molecule has 0 radical (unpaired) electrons. The van der Waals surface area contributed by atoms with Gasteiger partial charge in [0.15, 0.2) is 17.3 Å². The number of carbonyl (C=O) groups is 2. The summed E-state index contributed by atoms with van der Waals surface area (Å²) in [5.41, 5.74) is 3.74. The van der Waals surface area contributed by atoms with E-state index >= 15 is 0 Å². The highest BCUT2D eigenvalue weighted by Crippen LogP contribution is 2.43. The molecule has 1 aromatic carbocycles. The highest BCUT2D eigenvalue weighted by molar-refractivity contribution is 6.46. The van der Waals surface area contributed by atoms with Gasteiger partial charge in [-0.2, -0.15) is 0 Å². The Kier molecular flexibility index (Phi) is 7.37. The number of ether oxygens (including phenoxy) is 2. The fraction of sp³-hybridized carbons (Fsp3) is 0.226. The fourth-order valence-electron chi connectivity index (χ4n) is 4.98. The maximum absolute atomic E-state index is 13.6. The number of ketones is 1. The number of fused-ring (bicyclic) bond motifs is 1. The molecule has 5 rings (SSSR count). The molecule has 1 aliphatic rings. The van der Waals surface area contributed by atoms with Crippen molar-refractivity contribution >= 4 is 23.1 Å². The second kappa shape index (κ2) is 11.1. The molecule has 1 aliphatic heterocycles. The summed E-state index contributed by atoms with van der Waals surface area (Å²) in [4.78, 5) is 37.3. The van der Waals surface area contributed by atoms with Crippen LogP contribution in [-0.4, -0.2) is 49.3 Å². The van der Waals surface area contributed by atoms with E-state index in [1.807, 2.05) is 49.6 Å². The van der Waals surface area contributed by atoms with Crippen LogP contribution in [0.4, 0.5) is 0 Å². The van der Waals surface area contributed by atoms with Crippen LogP contribution < -0.4 is 9.47 Å². The first-order valence-corrected chi connectivity index (χ1v) is 13.0. The van der Waals surface area contributed by atoms with Gasteiger partial charge >= 0.3 is 0 Å². The molecule has 9 nitrogen and oxygen atoms in total. The van der Waals surface area contributed by atoms with Gasteiger partial charge in [-0.15, -0.1) is 0 Å². The van der Waals surface area contributed by atoms with Gasteiger partial charge in [-0.25, -0.2) is 4.98 Å². The maximum Gasteiger partial charge on any atom is 0.295 e. The number of Topliss-reactive ketones (excluding diaryl/α,β-unsaturated/α-hetero) is 1. The number of aryl methyl sites for hydroxylation is 2. The number of aromatic nitrogens is 3. The van der Waals surface area contributed by atoms with Crippen LogP contribution in [0, 0.1) is 13.8 Å². The summed E-state index contributed by atoms with van der Waals surface area (Å²) >= 11 is 0. The number of pyridine rings is 2. The number of nitrogens with zero attached hydrogens (tertiary/aromatic N) is 4. The normalized spacial score (nSPS) is 16.5. The standard InChI is InChI=1S/C31H30N4O5/c1-5-15-40-23-12-11-22(16-24(23)39-6-2)27-25(29(37)31(38)35(27)18-21-10-7-13-32-17-21)28(36)26-20(4)34-14-8-9-19(3)30(34)33-26/h5,7-14,16-17,27,36H,1,6,15,18H2,2-4H3/b28-25+. The van der Waals surface area contributed by atoms with Crippen molar-refractivity contribution in [3.05, 3.63) is 107 Å². The summed E-state index contributed by atoms with van der Waals surface area (Å²) in [6.07, 6.45) is 6.75. The molecule has 9 heteroatoms. The molecule has 1 unspecified atom stereocenters. The molecule has 40 heavy (non-hydrogen) atoms. The van der Waals surface area contributed by atoms with Crippen LogP contribution in [-0.2, 0) is 16.1 Å². The molecule has 3 aromatic heterocycles. The number of hydrogen-bond donors (Lipinski definition) is 1. The molecule has 204 valence electrons. The van der Waals surface area contributed by atoms with Crippen LogP contribution in [0.3, 0.4) is 0 Å². The Morgan fingerprint density at radius 1 is 1.12 bits per heavy atom. The van der Waals surface area contributed by atoms with Gasteiger partial charge in [-0.3, -0.25) is 14.6 Å².